The van der Waals surface area contributed by atoms with E-state index in [1.165, 1.54) is 7.11 Å². The SMILES string of the molecule is COC(=O)[C@@H](C)[C@@H](CC(C)C)C(=O)OC(C)(C)C. The van der Waals surface area contributed by atoms with Crippen molar-refractivity contribution in [3.8, 4) is 0 Å². The van der Waals surface area contributed by atoms with E-state index in [2.05, 4.69) is 0 Å². The molecule has 0 bridgehead atoms. The summed E-state index contributed by atoms with van der Waals surface area (Å²) in [6, 6.07) is 0. The highest BCUT2D eigenvalue weighted by Gasteiger charge is 2.34. The molecule has 0 unspecified atom stereocenters. The highest BCUT2D eigenvalue weighted by atomic mass is 16.6. The largest absolute Gasteiger partial charge is 0.469 e. The Balaban J connectivity index is 4.88. The van der Waals surface area contributed by atoms with Gasteiger partial charge in [-0.3, -0.25) is 9.59 Å². The van der Waals surface area contributed by atoms with Crippen molar-refractivity contribution in [2.45, 2.75) is 53.6 Å². The minimum absolute atomic E-state index is 0.314. The molecule has 0 aliphatic heterocycles. The normalized spacial score (nSPS) is 15.1. The molecule has 0 N–H and O–H groups in total. The maximum atomic E-state index is 12.1. The molecule has 0 amide bonds. The number of hydrogen-bond donors (Lipinski definition) is 0. The number of methoxy groups -OCH3 is 1. The van der Waals surface area contributed by atoms with Crippen LogP contribution in [0.1, 0.15) is 48.0 Å². The van der Waals surface area contributed by atoms with Crippen LogP contribution >= 0.6 is 0 Å². The molecule has 0 rings (SSSR count). The highest BCUT2D eigenvalue weighted by molar-refractivity contribution is 5.81. The summed E-state index contributed by atoms with van der Waals surface area (Å²) in [5.74, 6) is -1.31. The van der Waals surface area contributed by atoms with Crippen molar-refractivity contribution >= 4 is 11.9 Å². The molecule has 2 atom stereocenters. The zero-order valence-corrected chi connectivity index (χ0v) is 12.6. The lowest BCUT2D eigenvalue weighted by Crippen LogP contribution is -2.35. The van der Waals surface area contributed by atoms with E-state index in [0.29, 0.717) is 12.3 Å². The van der Waals surface area contributed by atoms with Gasteiger partial charge in [0.1, 0.15) is 5.60 Å². The Bertz CT molecular complexity index is 289. The van der Waals surface area contributed by atoms with Crippen LogP contribution < -0.4 is 0 Å². The molecular formula is C14H26O4. The van der Waals surface area contributed by atoms with E-state index in [4.69, 9.17) is 9.47 Å². The molecular weight excluding hydrogens is 232 g/mol. The van der Waals surface area contributed by atoms with Gasteiger partial charge in [0.2, 0.25) is 0 Å². The monoisotopic (exact) mass is 258 g/mol. The lowest BCUT2D eigenvalue weighted by Gasteiger charge is -2.27. The Morgan fingerprint density at radius 1 is 1.06 bits per heavy atom. The molecule has 0 radical (unpaired) electrons. The molecule has 0 saturated heterocycles. The van der Waals surface area contributed by atoms with Gasteiger partial charge in [0, 0.05) is 0 Å². The number of hydrogen-bond acceptors (Lipinski definition) is 4. The van der Waals surface area contributed by atoms with Crippen molar-refractivity contribution in [2.24, 2.45) is 17.8 Å². The van der Waals surface area contributed by atoms with Gasteiger partial charge in [-0.15, -0.1) is 0 Å². The van der Waals surface area contributed by atoms with Crippen LogP contribution in [0.15, 0.2) is 0 Å². The zero-order chi connectivity index (χ0) is 14.5. The third kappa shape index (κ3) is 6.03. The summed E-state index contributed by atoms with van der Waals surface area (Å²) in [5, 5.41) is 0. The number of rotatable bonds is 5. The van der Waals surface area contributed by atoms with Gasteiger partial charge in [-0.1, -0.05) is 20.8 Å². The van der Waals surface area contributed by atoms with Gasteiger partial charge in [-0.25, -0.2) is 0 Å². The minimum Gasteiger partial charge on any atom is -0.469 e. The van der Waals surface area contributed by atoms with Crippen LogP contribution in [0.2, 0.25) is 0 Å². The van der Waals surface area contributed by atoms with E-state index in [1.807, 2.05) is 34.6 Å². The number of carbonyl (C=O) groups excluding carboxylic acids is 2. The maximum Gasteiger partial charge on any atom is 0.310 e. The Hall–Kier alpha value is -1.06. The summed E-state index contributed by atoms with van der Waals surface area (Å²) in [6.07, 6.45) is 0.616. The van der Waals surface area contributed by atoms with E-state index in [1.54, 1.807) is 6.92 Å². The topological polar surface area (TPSA) is 52.6 Å². The van der Waals surface area contributed by atoms with E-state index in [9.17, 15) is 9.59 Å². The van der Waals surface area contributed by atoms with Crippen molar-refractivity contribution in [2.75, 3.05) is 7.11 Å². The van der Waals surface area contributed by atoms with Crippen LogP contribution in [0.4, 0.5) is 0 Å². The number of ether oxygens (including phenoxy) is 2. The van der Waals surface area contributed by atoms with Crippen LogP contribution in [-0.2, 0) is 19.1 Å². The second kappa shape index (κ2) is 6.76. The van der Waals surface area contributed by atoms with E-state index >= 15 is 0 Å². The molecule has 0 saturated carbocycles. The summed E-state index contributed by atoms with van der Waals surface area (Å²) in [4.78, 5) is 23.7. The molecule has 18 heavy (non-hydrogen) atoms. The average Bonchev–Trinajstić information content (AvgIpc) is 2.20. The molecule has 0 aromatic rings. The van der Waals surface area contributed by atoms with Gasteiger partial charge in [-0.05, 0) is 33.1 Å². The lowest BCUT2D eigenvalue weighted by molar-refractivity contribution is -0.167. The molecule has 0 aliphatic rings. The molecule has 0 aromatic carbocycles. The standard InChI is InChI=1S/C14H26O4/c1-9(2)8-11(10(3)12(15)17-7)13(16)18-14(4,5)6/h9-11H,8H2,1-7H3/t10-,11+/m0/s1. The summed E-state index contributed by atoms with van der Waals surface area (Å²) in [7, 11) is 1.33. The molecule has 0 aromatic heterocycles. The van der Waals surface area contributed by atoms with Gasteiger partial charge >= 0.3 is 11.9 Å². The van der Waals surface area contributed by atoms with Crippen molar-refractivity contribution in [1.82, 2.24) is 0 Å². The summed E-state index contributed by atoms with van der Waals surface area (Å²) in [5.41, 5.74) is -0.540. The van der Waals surface area contributed by atoms with E-state index < -0.39 is 17.4 Å². The fraction of sp³-hybridized carbons (Fsp3) is 0.857. The van der Waals surface area contributed by atoms with E-state index in [-0.39, 0.29) is 11.9 Å². The molecule has 0 fully saturated rings. The Labute approximate surface area is 110 Å². The van der Waals surface area contributed by atoms with E-state index in [0.717, 1.165) is 0 Å². The zero-order valence-electron chi connectivity index (χ0n) is 12.6. The summed E-state index contributed by atoms with van der Waals surface area (Å²) in [6.45, 7) is 11.2. The second-order valence-electron chi connectivity index (χ2n) is 6.08. The highest BCUT2D eigenvalue weighted by Crippen LogP contribution is 2.25. The molecule has 0 spiro atoms. The molecule has 106 valence electrons. The van der Waals surface area contributed by atoms with Crippen LogP contribution in [0.3, 0.4) is 0 Å². The predicted molar refractivity (Wildman–Crippen MR) is 70.0 cm³/mol. The van der Waals surface area contributed by atoms with Crippen LogP contribution in [0.25, 0.3) is 0 Å². The summed E-state index contributed by atoms with van der Waals surface area (Å²) >= 11 is 0. The molecule has 4 heteroatoms. The number of esters is 2. The van der Waals surface area contributed by atoms with Gasteiger partial charge < -0.3 is 9.47 Å². The maximum absolute atomic E-state index is 12.1. The molecule has 0 heterocycles. The van der Waals surface area contributed by atoms with Crippen molar-refractivity contribution < 1.29 is 19.1 Å². The van der Waals surface area contributed by atoms with Gasteiger partial charge in [0.05, 0.1) is 18.9 Å². The van der Waals surface area contributed by atoms with Crippen molar-refractivity contribution in [3.63, 3.8) is 0 Å². The fourth-order valence-electron chi connectivity index (χ4n) is 1.74. The van der Waals surface area contributed by atoms with Crippen molar-refractivity contribution in [3.05, 3.63) is 0 Å². The third-order valence-electron chi connectivity index (χ3n) is 2.61. The van der Waals surface area contributed by atoms with Gasteiger partial charge in [-0.2, -0.15) is 0 Å². The third-order valence-corrected chi connectivity index (χ3v) is 2.61. The van der Waals surface area contributed by atoms with Gasteiger partial charge in [0.25, 0.3) is 0 Å². The first kappa shape index (κ1) is 16.9. The smallest absolute Gasteiger partial charge is 0.310 e. The van der Waals surface area contributed by atoms with Gasteiger partial charge in [0.15, 0.2) is 0 Å². The number of carbonyl (C=O) groups is 2. The Morgan fingerprint density at radius 3 is 1.89 bits per heavy atom. The lowest BCUT2D eigenvalue weighted by atomic mass is 9.86. The molecule has 0 aliphatic carbocycles. The van der Waals surface area contributed by atoms with Crippen molar-refractivity contribution in [1.29, 1.82) is 0 Å². The predicted octanol–water partition coefficient (Wildman–Crippen LogP) is 2.80. The average molecular weight is 258 g/mol. The van der Waals surface area contributed by atoms with Crippen LogP contribution in [0.5, 0.6) is 0 Å². The molecule has 4 nitrogen and oxygen atoms in total. The Kier molecular flexibility index (Phi) is 6.36. The minimum atomic E-state index is -0.540. The summed E-state index contributed by atoms with van der Waals surface area (Å²) < 4.78 is 10.1. The first-order chi connectivity index (χ1) is 8.08. The first-order valence-electron chi connectivity index (χ1n) is 6.39. The van der Waals surface area contributed by atoms with Crippen LogP contribution in [0, 0.1) is 17.8 Å². The van der Waals surface area contributed by atoms with Crippen LogP contribution in [-0.4, -0.2) is 24.6 Å². The quantitative estimate of drug-likeness (QED) is 0.711. The second-order valence-corrected chi connectivity index (χ2v) is 6.08. The Morgan fingerprint density at radius 2 is 1.56 bits per heavy atom. The fourth-order valence-corrected chi connectivity index (χ4v) is 1.74. The first-order valence-corrected chi connectivity index (χ1v) is 6.39.